The number of aromatic nitrogens is 2. The number of ether oxygens (including phenoxy) is 1. The van der Waals surface area contributed by atoms with Gasteiger partial charge in [-0.05, 0) is 31.3 Å². The molecule has 1 N–H and O–H groups in total. The summed E-state index contributed by atoms with van der Waals surface area (Å²) in [6, 6.07) is 7.54. The van der Waals surface area contributed by atoms with Crippen molar-refractivity contribution >= 4 is 11.6 Å². The Morgan fingerprint density at radius 2 is 2.24 bits per heavy atom. The Hall–Kier alpha value is -1.52. The number of nitrogens with zero attached hydrogens (tertiary/aromatic N) is 2. The van der Waals surface area contributed by atoms with Crippen LogP contribution in [-0.2, 0) is 6.54 Å². The van der Waals surface area contributed by atoms with Crippen LogP contribution in [0.4, 0.5) is 0 Å². The first-order chi connectivity index (χ1) is 8.24. The van der Waals surface area contributed by atoms with Crippen molar-refractivity contribution < 1.29 is 4.74 Å². The zero-order chi connectivity index (χ0) is 12.3. The van der Waals surface area contributed by atoms with Gasteiger partial charge >= 0.3 is 0 Å². The Bertz CT molecular complexity index is 510. The molecule has 0 bridgehead atoms. The van der Waals surface area contributed by atoms with Crippen molar-refractivity contribution in [2.45, 2.75) is 6.54 Å². The molecular formula is C12H14ClN3O. The first-order valence-electron chi connectivity index (χ1n) is 5.27. The van der Waals surface area contributed by atoms with Gasteiger partial charge in [-0.3, -0.25) is 0 Å². The van der Waals surface area contributed by atoms with Crippen molar-refractivity contribution in [3.8, 4) is 11.4 Å². The van der Waals surface area contributed by atoms with Crippen LogP contribution in [0.5, 0.6) is 5.75 Å². The van der Waals surface area contributed by atoms with Gasteiger partial charge in [0.15, 0.2) is 0 Å². The summed E-state index contributed by atoms with van der Waals surface area (Å²) in [5, 5.41) is 8.06. The lowest BCUT2D eigenvalue weighted by atomic mass is 10.3. The minimum absolute atomic E-state index is 0.579. The molecule has 1 aromatic heterocycles. The summed E-state index contributed by atoms with van der Waals surface area (Å²) in [5.41, 5.74) is 1.90. The Morgan fingerprint density at radius 1 is 1.41 bits per heavy atom. The second-order valence-corrected chi connectivity index (χ2v) is 4.01. The van der Waals surface area contributed by atoms with Gasteiger partial charge in [0, 0.05) is 12.7 Å². The van der Waals surface area contributed by atoms with E-state index >= 15 is 0 Å². The molecule has 0 aliphatic heterocycles. The molecule has 0 fully saturated rings. The first-order valence-corrected chi connectivity index (χ1v) is 5.65. The fraction of sp³-hybridized carbons (Fsp3) is 0.250. The van der Waals surface area contributed by atoms with E-state index in [9.17, 15) is 0 Å². The van der Waals surface area contributed by atoms with Gasteiger partial charge in [-0.25, -0.2) is 4.68 Å². The molecule has 2 aromatic rings. The average molecular weight is 252 g/mol. The Balaban J connectivity index is 2.29. The van der Waals surface area contributed by atoms with E-state index in [4.69, 9.17) is 16.3 Å². The smallest absolute Gasteiger partial charge is 0.137 e. The van der Waals surface area contributed by atoms with E-state index in [0.29, 0.717) is 10.8 Å². The number of halogens is 1. The molecule has 0 atom stereocenters. The fourth-order valence-electron chi connectivity index (χ4n) is 1.58. The van der Waals surface area contributed by atoms with E-state index in [1.807, 2.05) is 37.5 Å². The molecule has 0 aliphatic carbocycles. The molecule has 0 amide bonds. The molecule has 1 heterocycles. The second kappa shape index (κ2) is 5.21. The maximum Gasteiger partial charge on any atom is 0.137 e. The lowest BCUT2D eigenvalue weighted by molar-refractivity contribution is 0.415. The van der Waals surface area contributed by atoms with Gasteiger partial charge < -0.3 is 10.1 Å². The average Bonchev–Trinajstić information content (AvgIpc) is 2.78. The van der Waals surface area contributed by atoms with E-state index < -0.39 is 0 Å². The molecular weight excluding hydrogens is 238 g/mol. The minimum Gasteiger partial charge on any atom is -0.495 e. The molecule has 17 heavy (non-hydrogen) atoms. The zero-order valence-electron chi connectivity index (χ0n) is 9.77. The molecule has 90 valence electrons. The normalized spacial score (nSPS) is 10.5. The summed E-state index contributed by atoms with van der Waals surface area (Å²) in [5.74, 6) is 0.665. The van der Waals surface area contributed by atoms with Crippen LogP contribution in [0.15, 0.2) is 30.5 Å². The van der Waals surface area contributed by atoms with E-state index in [1.165, 1.54) is 0 Å². The molecule has 5 heteroatoms. The van der Waals surface area contributed by atoms with Crippen molar-refractivity contribution in [3.05, 3.63) is 41.2 Å². The quantitative estimate of drug-likeness (QED) is 0.906. The highest BCUT2D eigenvalue weighted by atomic mass is 35.5. The summed E-state index contributed by atoms with van der Waals surface area (Å²) in [6.07, 6.45) is 1.91. The van der Waals surface area contributed by atoms with Crippen LogP contribution in [0, 0.1) is 0 Å². The predicted molar refractivity (Wildman–Crippen MR) is 67.9 cm³/mol. The van der Waals surface area contributed by atoms with Gasteiger partial charge in [0.05, 0.1) is 23.5 Å². The largest absolute Gasteiger partial charge is 0.495 e. The van der Waals surface area contributed by atoms with E-state index in [1.54, 1.807) is 11.8 Å². The van der Waals surface area contributed by atoms with Gasteiger partial charge in [0.2, 0.25) is 0 Å². The lowest BCUT2D eigenvalue weighted by Gasteiger charge is -2.06. The summed E-state index contributed by atoms with van der Waals surface area (Å²) in [4.78, 5) is 0. The van der Waals surface area contributed by atoms with Crippen LogP contribution in [0.3, 0.4) is 0 Å². The third kappa shape index (κ3) is 2.60. The molecule has 0 saturated carbocycles. The minimum atomic E-state index is 0.579. The van der Waals surface area contributed by atoms with Gasteiger partial charge in [-0.2, -0.15) is 5.10 Å². The summed E-state index contributed by atoms with van der Waals surface area (Å²) >= 11 is 6.07. The van der Waals surface area contributed by atoms with Gasteiger partial charge in [0.1, 0.15) is 5.75 Å². The van der Waals surface area contributed by atoms with E-state index in [0.717, 1.165) is 17.9 Å². The fourth-order valence-corrected chi connectivity index (χ4v) is 1.83. The molecule has 0 aliphatic rings. The van der Waals surface area contributed by atoms with Crippen molar-refractivity contribution in [2.75, 3.05) is 14.2 Å². The van der Waals surface area contributed by atoms with E-state index in [2.05, 4.69) is 10.4 Å². The predicted octanol–water partition coefficient (Wildman–Crippen LogP) is 2.25. The molecule has 0 spiro atoms. The number of benzene rings is 1. The molecule has 0 radical (unpaired) electrons. The SMILES string of the molecule is CNCc1ccn(-c2ccc(OC)c(Cl)c2)n1. The second-order valence-electron chi connectivity index (χ2n) is 3.60. The highest BCUT2D eigenvalue weighted by Crippen LogP contribution is 2.26. The van der Waals surface area contributed by atoms with Gasteiger partial charge in [-0.1, -0.05) is 11.6 Å². The number of nitrogens with one attached hydrogen (secondary N) is 1. The molecule has 0 saturated heterocycles. The zero-order valence-corrected chi connectivity index (χ0v) is 10.5. The summed E-state index contributed by atoms with van der Waals surface area (Å²) in [6.45, 7) is 0.747. The monoisotopic (exact) mass is 251 g/mol. The van der Waals surface area contributed by atoms with Gasteiger partial charge in [-0.15, -0.1) is 0 Å². The molecule has 2 rings (SSSR count). The third-order valence-electron chi connectivity index (χ3n) is 2.40. The summed E-state index contributed by atoms with van der Waals surface area (Å²) in [7, 11) is 3.49. The maximum atomic E-state index is 6.07. The molecule has 0 unspecified atom stereocenters. The number of hydrogen-bond donors (Lipinski definition) is 1. The van der Waals surface area contributed by atoms with E-state index in [-0.39, 0.29) is 0 Å². The van der Waals surface area contributed by atoms with Crippen LogP contribution in [-0.4, -0.2) is 23.9 Å². The summed E-state index contributed by atoms with van der Waals surface area (Å²) < 4.78 is 6.90. The van der Waals surface area contributed by atoms with Crippen LogP contribution >= 0.6 is 11.6 Å². The maximum absolute atomic E-state index is 6.07. The Morgan fingerprint density at radius 3 is 2.88 bits per heavy atom. The highest BCUT2D eigenvalue weighted by Gasteiger charge is 2.04. The van der Waals surface area contributed by atoms with Crippen molar-refractivity contribution in [3.63, 3.8) is 0 Å². The van der Waals surface area contributed by atoms with Crippen LogP contribution < -0.4 is 10.1 Å². The number of hydrogen-bond acceptors (Lipinski definition) is 3. The van der Waals surface area contributed by atoms with Crippen molar-refractivity contribution in [1.82, 2.24) is 15.1 Å². The Kier molecular flexibility index (Phi) is 3.66. The topological polar surface area (TPSA) is 39.1 Å². The van der Waals surface area contributed by atoms with Crippen molar-refractivity contribution in [1.29, 1.82) is 0 Å². The number of methoxy groups -OCH3 is 1. The lowest BCUT2D eigenvalue weighted by Crippen LogP contribution is -2.06. The first kappa shape index (κ1) is 12.0. The highest BCUT2D eigenvalue weighted by molar-refractivity contribution is 6.32. The Labute approximate surface area is 105 Å². The van der Waals surface area contributed by atoms with Gasteiger partial charge in [0.25, 0.3) is 0 Å². The number of rotatable bonds is 4. The third-order valence-corrected chi connectivity index (χ3v) is 2.70. The van der Waals surface area contributed by atoms with Crippen LogP contribution in [0.1, 0.15) is 5.69 Å². The van der Waals surface area contributed by atoms with Crippen molar-refractivity contribution in [2.24, 2.45) is 0 Å². The molecule has 1 aromatic carbocycles. The van der Waals surface area contributed by atoms with Crippen LogP contribution in [0.2, 0.25) is 5.02 Å². The molecule has 4 nitrogen and oxygen atoms in total. The van der Waals surface area contributed by atoms with Crippen LogP contribution in [0.25, 0.3) is 5.69 Å². The standard InChI is InChI=1S/C12H14ClN3O/c1-14-8-9-5-6-16(15-9)10-3-4-12(17-2)11(13)7-10/h3-7,14H,8H2,1-2H3.